The van der Waals surface area contributed by atoms with E-state index in [1.165, 1.54) is 60.8 Å². The lowest BCUT2D eigenvalue weighted by Gasteiger charge is -2.35. The number of rotatable bonds is 6. The summed E-state index contributed by atoms with van der Waals surface area (Å²) in [5.74, 6) is 0. The fraction of sp³-hybridized carbons (Fsp3) is 0.0980. The summed E-state index contributed by atoms with van der Waals surface area (Å²) < 4.78 is 0. The Balaban J connectivity index is 1.37. The summed E-state index contributed by atoms with van der Waals surface area (Å²) in [5, 5.41) is 2.45. The van der Waals surface area contributed by atoms with Crippen molar-refractivity contribution in [1.82, 2.24) is 0 Å². The van der Waals surface area contributed by atoms with Crippen molar-refractivity contribution in [3.63, 3.8) is 0 Å². The van der Waals surface area contributed by atoms with Gasteiger partial charge in [-0.05, 0) is 97.1 Å². The molecule has 0 radical (unpaired) electrons. The summed E-state index contributed by atoms with van der Waals surface area (Å²) >= 11 is 0. The zero-order chi connectivity index (χ0) is 35.3. The highest BCUT2D eigenvalue weighted by molar-refractivity contribution is 5.99. The van der Waals surface area contributed by atoms with Crippen molar-refractivity contribution < 1.29 is 0 Å². The van der Waals surface area contributed by atoms with Gasteiger partial charge in [0, 0.05) is 16.9 Å². The quantitative estimate of drug-likeness (QED) is 0.171. The summed E-state index contributed by atoms with van der Waals surface area (Å²) in [6, 6.07) is 71.6. The van der Waals surface area contributed by atoms with Crippen LogP contribution in [0.4, 0.5) is 17.1 Å². The van der Waals surface area contributed by atoms with E-state index in [1.54, 1.807) is 0 Å². The standard InChI is InChI=1S/C51H41N/c1-50(2,3)46-29-17-15-28-43(46)45-33-36-19-13-14-20-37(36)34-49(45)52(40-25-11-6-12-26-40)41-31-32-44-42-27-16-18-30-47(42)51(48(44)35-41,38-21-7-4-8-22-38)39-23-9-5-10-24-39/h4-35H,1-3H3. The molecule has 0 spiro atoms. The van der Waals surface area contributed by atoms with Gasteiger partial charge in [-0.25, -0.2) is 0 Å². The van der Waals surface area contributed by atoms with Gasteiger partial charge < -0.3 is 4.90 Å². The minimum atomic E-state index is -0.488. The van der Waals surface area contributed by atoms with E-state index in [-0.39, 0.29) is 5.41 Å². The van der Waals surface area contributed by atoms with Crippen LogP contribution >= 0.6 is 0 Å². The molecular weight excluding hydrogens is 627 g/mol. The zero-order valence-electron chi connectivity index (χ0n) is 29.9. The van der Waals surface area contributed by atoms with Gasteiger partial charge in [0.15, 0.2) is 0 Å². The molecule has 0 atom stereocenters. The fourth-order valence-corrected chi connectivity index (χ4v) is 8.58. The average Bonchev–Trinajstić information content (AvgIpc) is 3.49. The summed E-state index contributed by atoms with van der Waals surface area (Å²) in [5.41, 5.74) is 14.4. The molecule has 0 aliphatic heterocycles. The van der Waals surface area contributed by atoms with Crippen molar-refractivity contribution in [3.05, 3.63) is 222 Å². The first-order valence-electron chi connectivity index (χ1n) is 18.3. The van der Waals surface area contributed by atoms with Gasteiger partial charge in [-0.1, -0.05) is 178 Å². The predicted molar refractivity (Wildman–Crippen MR) is 220 cm³/mol. The molecule has 1 aliphatic rings. The first kappa shape index (κ1) is 31.8. The molecule has 0 unspecified atom stereocenters. The topological polar surface area (TPSA) is 3.24 Å². The molecule has 1 heteroatoms. The third-order valence-corrected chi connectivity index (χ3v) is 10.8. The average molecular weight is 668 g/mol. The minimum Gasteiger partial charge on any atom is -0.310 e. The third-order valence-electron chi connectivity index (χ3n) is 10.8. The van der Waals surface area contributed by atoms with E-state index in [0.717, 1.165) is 17.1 Å². The summed E-state index contributed by atoms with van der Waals surface area (Å²) in [6.07, 6.45) is 0. The monoisotopic (exact) mass is 667 g/mol. The summed E-state index contributed by atoms with van der Waals surface area (Å²) in [6.45, 7) is 6.94. The van der Waals surface area contributed by atoms with Crippen LogP contribution in [-0.2, 0) is 10.8 Å². The van der Waals surface area contributed by atoms with Gasteiger partial charge in [0.25, 0.3) is 0 Å². The van der Waals surface area contributed by atoms with Gasteiger partial charge in [0.1, 0.15) is 0 Å². The van der Waals surface area contributed by atoms with Crippen molar-refractivity contribution in [2.45, 2.75) is 31.6 Å². The lowest BCUT2D eigenvalue weighted by Crippen LogP contribution is -2.28. The molecule has 1 nitrogen and oxygen atoms in total. The molecule has 0 bridgehead atoms. The second-order valence-electron chi connectivity index (χ2n) is 14.9. The predicted octanol–water partition coefficient (Wildman–Crippen LogP) is 13.6. The maximum Gasteiger partial charge on any atom is 0.0714 e. The van der Waals surface area contributed by atoms with Crippen LogP contribution in [0, 0.1) is 0 Å². The zero-order valence-corrected chi connectivity index (χ0v) is 29.9. The summed E-state index contributed by atoms with van der Waals surface area (Å²) in [7, 11) is 0. The molecule has 9 rings (SSSR count). The van der Waals surface area contributed by atoms with Crippen molar-refractivity contribution in [3.8, 4) is 22.3 Å². The first-order valence-corrected chi connectivity index (χ1v) is 18.3. The van der Waals surface area contributed by atoms with Crippen LogP contribution in [0.15, 0.2) is 194 Å². The third kappa shape index (κ3) is 5.08. The molecule has 0 N–H and O–H groups in total. The van der Waals surface area contributed by atoms with Crippen molar-refractivity contribution in [2.75, 3.05) is 4.90 Å². The minimum absolute atomic E-state index is 0.0403. The Morgan fingerprint density at radius 2 is 0.904 bits per heavy atom. The number of hydrogen-bond donors (Lipinski definition) is 0. The number of benzene rings is 8. The Bertz CT molecular complexity index is 2500. The van der Waals surface area contributed by atoms with Gasteiger partial charge in [-0.2, -0.15) is 0 Å². The SMILES string of the molecule is CC(C)(C)c1ccccc1-c1cc2ccccc2cc1N(c1ccccc1)c1ccc2c(c1)C(c1ccccc1)(c1ccccc1)c1ccccc1-2. The van der Waals surface area contributed by atoms with Gasteiger partial charge in [-0.15, -0.1) is 0 Å². The van der Waals surface area contributed by atoms with Gasteiger partial charge in [-0.3, -0.25) is 0 Å². The Hall–Kier alpha value is -6.18. The maximum absolute atomic E-state index is 2.48. The second-order valence-corrected chi connectivity index (χ2v) is 14.9. The Morgan fingerprint density at radius 3 is 1.56 bits per heavy atom. The Morgan fingerprint density at radius 1 is 0.385 bits per heavy atom. The molecule has 0 amide bonds. The van der Waals surface area contributed by atoms with E-state index in [9.17, 15) is 0 Å². The highest BCUT2D eigenvalue weighted by Gasteiger charge is 2.46. The molecule has 0 saturated carbocycles. The van der Waals surface area contributed by atoms with E-state index in [0.29, 0.717) is 0 Å². The number of nitrogens with zero attached hydrogens (tertiary/aromatic N) is 1. The molecule has 8 aromatic rings. The number of para-hydroxylation sites is 1. The first-order chi connectivity index (χ1) is 25.4. The number of hydrogen-bond acceptors (Lipinski definition) is 1. The van der Waals surface area contributed by atoms with Gasteiger partial charge in [0.05, 0.1) is 11.1 Å². The smallest absolute Gasteiger partial charge is 0.0714 e. The Labute approximate surface area is 307 Å². The molecule has 0 fully saturated rings. The van der Waals surface area contributed by atoms with Crippen molar-refractivity contribution in [1.29, 1.82) is 0 Å². The molecule has 52 heavy (non-hydrogen) atoms. The van der Waals surface area contributed by atoms with Crippen LogP contribution < -0.4 is 4.90 Å². The normalized spacial score (nSPS) is 13.1. The number of anilines is 3. The van der Waals surface area contributed by atoms with E-state index >= 15 is 0 Å². The van der Waals surface area contributed by atoms with Gasteiger partial charge >= 0.3 is 0 Å². The summed E-state index contributed by atoms with van der Waals surface area (Å²) in [4.78, 5) is 2.48. The molecule has 0 heterocycles. The van der Waals surface area contributed by atoms with E-state index in [2.05, 4.69) is 220 Å². The second kappa shape index (κ2) is 12.5. The Kier molecular flexibility index (Phi) is 7.67. The van der Waals surface area contributed by atoms with Crippen molar-refractivity contribution >= 4 is 27.8 Å². The maximum atomic E-state index is 2.48. The molecule has 1 aliphatic carbocycles. The van der Waals surface area contributed by atoms with Crippen LogP contribution in [0.1, 0.15) is 48.6 Å². The molecule has 0 saturated heterocycles. The van der Waals surface area contributed by atoms with Crippen LogP contribution in [-0.4, -0.2) is 0 Å². The van der Waals surface area contributed by atoms with Crippen LogP contribution in [0.25, 0.3) is 33.0 Å². The largest absolute Gasteiger partial charge is 0.310 e. The number of fused-ring (bicyclic) bond motifs is 4. The van der Waals surface area contributed by atoms with E-state index in [4.69, 9.17) is 0 Å². The van der Waals surface area contributed by atoms with E-state index in [1.807, 2.05) is 0 Å². The molecular formula is C51H41N. The van der Waals surface area contributed by atoms with Gasteiger partial charge in [0.2, 0.25) is 0 Å². The molecule has 0 aromatic heterocycles. The fourth-order valence-electron chi connectivity index (χ4n) is 8.58. The van der Waals surface area contributed by atoms with Crippen molar-refractivity contribution in [2.24, 2.45) is 0 Å². The van der Waals surface area contributed by atoms with E-state index < -0.39 is 5.41 Å². The molecule has 8 aromatic carbocycles. The lowest BCUT2D eigenvalue weighted by molar-refractivity contribution is 0.592. The highest BCUT2D eigenvalue weighted by Crippen LogP contribution is 2.57. The van der Waals surface area contributed by atoms with Crippen LogP contribution in [0.3, 0.4) is 0 Å². The lowest BCUT2D eigenvalue weighted by atomic mass is 9.67. The highest BCUT2D eigenvalue weighted by atomic mass is 15.1. The molecule has 250 valence electrons. The van der Waals surface area contributed by atoms with Crippen LogP contribution in [0.5, 0.6) is 0 Å². The van der Waals surface area contributed by atoms with Crippen LogP contribution in [0.2, 0.25) is 0 Å².